The molecular weight excluding hydrogens is 338 g/mol. The van der Waals surface area contributed by atoms with Gasteiger partial charge in [-0.05, 0) is 54.0 Å². The maximum atomic E-state index is 14.4. The van der Waals surface area contributed by atoms with Gasteiger partial charge in [-0.25, -0.2) is 8.78 Å². The van der Waals surface area contributed by atoms with Crippen LogP contribution < -0.4 is 5.73 Å². The van der Waals surface area contributed by atoms with Crippen molar-refractivity contribution in [3.63, 3.8) is 0 Å². The Morgan fingerprint density at radius 2 is 1.81 bits per heavy atom. The van der Waals surface area contributed by atoms with Crippen LogP contribution in [-0.4, -0.2) is 23.5 Å². The fraction of sp³-hybridized carbons (Fsp3) is 0.625. The Bertz CT molecular complexity index is 497. The molecule has 5 heteroatoms. The molecule has 0 saturated heterocycles. The molecule has 1 saturated carbocycles. The van der Waals surface area contributed by atoms with Crippen LogP contribution in [0.5, 0.6) is 0 Å². The smallest absolute Gasteiger partial charge is 0.145 e. The fourth-order valence-electron chi connectivity index (χ4n) is 3.76. The van der Waals surface area contributed by atoms with Gasteiger partial charge in [0, 0.05) is 11.1 Å². The highest BCUT2D eigenvalue weighted by atomic mass is 79.9. The molecule has 2 N–H and O–H groups in total. The predicted molar refractivity (Wildman–Crippen MR) is 85.1 cm³/mol. The summed E-state index contributed by atoms with van der Waals surface area (Å²) in [5, 5.41) is 0. The molecular formula is C16H23BrF2N2. The molecule has 0 amide bonds. The normalized spacial score (nSPS) is 19.2. The predicted octanol–water partition coefficient (Wildman–Crippen LogP) is 4.38. The molecule has 118 valence electrons. The van der Waals surface area contributed by atoms with Crippen molar-refractivity contribution in [2.24, 2.45) is 5.73 Å². The van der Waals surface area contributed by atoms with E-state index in [0.29, 0.717) is 0 Å². The number of hydrogen-bond donors (Lipinski definition) is 1. The Labute approximate surface area is 133 Å². The summed E-state index contributed by atoms with van der Waals surface area (Å²) in [5.41, 5.74) is 6.09. The average molecular weight is 361 g/mol. The summed E-state index contributed by atoms with van der Waals surface area (Å²) >= 11 is 3.14. The van der Waals surface area contributed by atoms with E-state index in [4.69, 9.17) is 5.73 Å². The topological polar surface area (TPSA) is 29.3 Å². The van der Waals surface area contributed by atoms with E-state index < -0.39 is 17.7 Å². The first-order valence-corrected chi connectivity index (χ1v) is 8.41. The molecule has 0 spiro atoms. The Morgan fingerprint density at radius 3 is 2.33 bits per heavy atom. The van der Waals surface area contributed by atoms with E-state index in [9.17, 15) is 8.78 Å². The van der Waals surface area contributed by atoms with Gasteiger partial charge >= 0.3 is 0 Å². The summed E-state index contributed by atoms with van der Waals surface area (Å²) < 4.78 is 28.9. The maximum absolute atomic E-state index is 14.4. The van der Waals surface area contributed by atoms with Crippen molar-refractivity contribution in [3.05, 3.63) is 33.8 Å². The van der Waals surface area contributed by atoms with Crippen molar-refractivity contribution >= 4 is 15.9 Å². The Balaban J connectivity index is 2.49. The number of rotatable bonds is 5. The van der Waals surface area contributed by atoms with Crippen molar-refractivity contribution in [1.82, 2.24) is 4.90 Å². The van der Waals surface area contributed by atoms with Crippen molar-refractivity contribution < 1.29 is 8.78 Å². The highest BCUT2D eigenvalue weighted by molar-refractivity contribution is 9.10. The highest BCUT2D eigenvalue weighted by Gasteiger charge is 2.45. The Kier molecular flexibility index (Phi) is 5.38. The minimum atomic E-state index is -0.655. The van der Waals surface area contributed by atoms with Crippen LogP contribution in [0, 0.1) is 11.6 Å². The summed E-state index contributed by atoms with van der Waals surface area (Å²) in [4.78, 5) is 2.27. The molecule has 1 atom stereocenters. The zero-order valence-corrected chi connectivity index (χ0v) is 14.2. The first-order chi connectivity index (χ1) is 9.97. The van der Waals surface area contributed by atoms with Gasteiger partial charge in [-0.15, -0.1) is 0 Å². The van der Waals surface area contributed by atoms with Crippen LogP contribution in [0.1, 0.15) is 51.1 Å². The van der Waals surface area contributed by atoms with E-state index in [1.807, 2.05) is 0 Å². The minimum absolute atomic E-state index is 0.0122. The van der Waals surface area contributed by atoms with E-state index in [1.165, 1.54) is 12.1 Å². The molecule has 2 rings (SSSR count). The minimum Gasteiger partial charge on any atom is -0.322 e. The zero-order valence-electron chi connectivity index (χ0n) is 12.6. The highest BCUT2D eigenvalue weighted by Crippen LogP contribution is 2.45. The second-order valence-corrected chi connectivity index (χ2v) is 6.57. The van der Waals surface area contributed by atoms with Crippen LogP contribution >= 0.6 is 15.9 Å². The van der Waals surface area contributed by atoms with Crippen molar-refractivity contribution in [3.8, 4) is 0 Å². The standard InChI is InChI=1S/C16H23BrF2N2/c1-3-21(4-2)16(9-5-6-10-16)15(20)13-12(18)8-7-11(17)14(13)19/h7-8,15H,3-6,9-10,20H2,1-2H3. The number of likely N-dealkylation sites (N-methyl/N-ethyl adjacent to an activating group) is 1. The number of nitrogens with two attached hydrogens (primary N) is 1. The van der Waals surface area contributed by atoms with Gasteiger partial charge in [-0.2, -0.15) is 0 Å². The van der Waals surface area contributed by atoms with E-state index in [2.05, 4.69) is 34.7 Å². The van der Waals surface area contributed by atoms with E-state index in [1.54, 1.807) is 0 Å². The van der Waals surface area contributed by atoms with Crippen molar-refractivity contribution in [1.29, 1.82) is 0 Å². The molecule has 0 aliphatic heterocycles. The molecule has 21 heavy (non-hydrogen) atoms. The molecule has 1 aliphatic rings. The monoisotopic (exact) mass is 360 g/mol. The molecule has 1 unspecified atom stereocenters. The number of benzene rings is 1. The summed E-state index contributed by atoms with van der Waals surface area (Å²) in [7, 11) is 0. The van der Waals surface area contributed by atoms with Gasteiger partial charge in [0.2, 0.25) is 0 Å². The molecule has 1 aromatic rings. The molecule has 0 bridgehead atoms. The quantitative estimate of drug-likeness (QED) is 0.789. The molecule has 0 aromatic heterocycles. The lowest BCUT2D eigenvalue weighted by Crippen LogP contribution is -2.54. The van der Waals surface area contributed by atoms with Gasteiger partial charge in [-0.3, -0.25) is 4.90 Å². The van der Waals surface area contributed by atoms with Gasteiger partial charge < -0.3 is 5.73 Å². The Hall–Kier alpha value is -0.520. The van der Waals surface area contributed by atoms with Crippen LogP contribution in [0.4, 0.5) is 8.78 Å². The molecule has 0 radical (unpaired) electrons. The largest absolute Gasteiger partial charge is 0.322 e. The first-order valence-electron chi connectivity index (χ1n) is 7.62. The SMILES string of the molecule is CCN(CC)C1(C(N)c2c(F)ccc(Br)c2F)CCCC1. The zero-order chi connectivity index (χ0) is 15.6. The lowest BCUT2D eigenvalue weighted by Gasteiger charge is -2.45. The van der Waals surface area contributed by atoms with Crippen LogP contribution in [-0.2, 0) is 0 Å². The third-order valence-corrected chi connectivity index (χ3v) is 5.44. The van der Waals surface area contributed by atoms with Crippen LogP contribution in [0.25, 0.3) is 0 Å². The lowest BCUT2D eigenvalue weighted by molar-refractivity contribution is 0.0744. The van der Waals surface area contributed by atoms with Gasteiger partial charge in [0.1, 0.15) is 11.6 Å². The number of nitrogens with zero attached hydrogens (tertiary/aromatic N) is 1. The summed E-state index contributed by atoms with van der Waals surface area (Å²) in [6.45, 7) is 5.82. The third kappa shape index (κ3) is 2.88. The van der Waals surface area contributed by atoms with Crippen molar-refractivity contribution in [2.75, 3.05) is 13.1 Å². The van der Waals surface area contributed by atoms with Crippen molar-refractivity contribution in [2.45, 2.75) is 51.1 Å². The van der Waals surface area contributed by atoms with Gasteiger partial charge in [0.25, 0.3) is 0 Å². The van der Waals surface area contributed by atoms with Crippen LogP contribution in [0.15, 0.2) is 16.6 Å². The summed E-state index contributed by atoms with van der Waals surface area (Å²) in [5.74, 6) is -1.12. The molecule has 1 fully saturated rings. The van der Waals surface area contributed by atoms with E-state index in [-0.39, 0.29) is 15.6 Å². The van der Waals surface area contributed by atoms with E-state index in [0.717, 1.165) is 38.8 Å². The Morgan fingerprint density at radius 1 is 1.24 bits per heavy atom. The summed E-state index contributed by atoms with van der Waals surface area (Å²) in [6, 6.07) is 2.02. The van der Waals surface area contributed by atoms with E-state index >= 15 is 0 Å². The molecule has 2 nitrogen and oxygen atoms in total. The van der Waals surface area contributed by atoms with Crippen LogP contribution in [0.2, 0.25) is 0 Å². The molecule has 0 heterocycles. The fourth-order valence-corrected chi connectivity index (χ4v) is 4.11. The average Bonchev–Trinajstić information content (AvgIpc) is 2.95. The molecule has 1 aliphatic carbocycles. The number of halogens is 3. The second kappa shape index (κ2) is 6.71. The molecule has 1 aromatic carbocycles. The summed E-state index contributed by atoms with van der Waals surface area (Å²) in [6.07, 6.45) is 3.89. The second-order valence-electron chi connectivity index (χ2n) is 5.72. The first kappa shape index (κ1) is 16.8. The third-order valence-electron chi connectivity index (χ3n) is 4.83. The van der Waals surface area contributed by atoms with Gasteiger partial charge in [-0.1, -0.05) is 26.7 Å². The lowest BCUT2D eigenvalue weighted by atomic mass is 9.82. The van der Waals surface area contributed by atoms with Gasteiger partial charge in [0.15, 0.2) is 0 Å². The van der Waals surface area contributed by atoms with Gasteiger partial charge in [0.05, 0.1) is 10.5 Å². The number of hydrogen-bond acceptors (Lipinski definition) is 2. The van der Waals surface area contributed by atoms with Crippen LogP contribution in [0.3, 0.4) is 0 Å². The maximum Gasteiger partial charge on any atom is 0.145 e.